The number of oxazole rings is 1. The van der Waals surface area contributed by atoms with Crippen molar-refractivity contribution >= 4 is 17.9 Å². The Hall–Kier alpha value is -0.830. The number of rotatable bonds is 1. The van der Waals surface area contributed by atoms with Crippen molar-refractivity contribution in [3.63, 3.8) is 0 Å². The van der Waals surface area contributed by atoms with E-state index in [0.717, 1.165) is 0 Å². The fourth-order valence-corrected chi connectivity index (χ4v) is 0.867. The van der Waals surface area contributed by atoms with Gasteiger partial charge >= 0.3 is 0 Å². The van der Waals surface area contributed by atoms with Gasteiger partial charge in [-0.3, -0.25) is 4.79 Å². The predicted molar refractivity (Wildman–Crippen MR) is 45.6 cm³/mol. The smallest absolute Gasteiger partial charge is 0.224 e. The van der Waals surface area contributed by atoms with Gasteiger partial charge in [0.05, 0.1) is 0 Å². The zero-order valence-corrected chi connectivity index (χ0v) is 7.97. The Morgan fingerprint density at radius 2 is 2.08 bits per heavy atom. The van der Waals surface area contributed by atoms with Gasteiger partial charge in [0.15, 0.2) is 12.0 Å². The molecule has 0 bridgehead atoms. The summed E-state index contributed by atoms with van der Waals surface area (Å²) < 4.78 is 5.09. The molecule has 0 spiro atoms. The zero-order valence-electron chi connectivity index (χ0n) is 7.22. The minimum absolute atomic E-state index is 0.0647. The van der Waals surface area contributed by atoms with Gasteiger partial charge < -0.3 is 4.42 Å². The van der Waals surface area contributed by atoms with E-state index >= 15 is 0 Å². The second-order valence-corrected chi connectivity index (χ2v) is 3.89. The molecule has 0 N–H and O–H groups in total. The number of hydrogen-bond donors (Lipinski definition) is 0. The lowest BCUT2D eigenvalue weighted by Gasteiger charge is -2.11. The number of halogens is 1. The van der Waals surface area contributed by atoms with Crippen molar-refractivity contribution in [1.82, 2.24) is 4.98 Å². The average Bonchev–Trinajstić information content (AvgIpc) is 2.29. The second kappa shape index (κ2) is 2.90. The van der Waals surface area contributed by atoms with Gasteiger partial charge in [-0.15, -0.1) is 0 Å². The van der Waals surface area contributed by atoms with Gasteiger partial charge in [-0.2, -0.15) is 0 Å². The van der Waals surface area contributed by atoms with Gasteiger partial charge in [0, 0.05) is 5.41 Å². The average molecular weight is 188 g/mol. The molecular weight excluding hydrogens is 178 g/mol. The summed E-state index contributed by atoms with van der Waals surface area (Å²) >= 11 is 5.59. The fraction of sp³-hybridized carbons (Fsp3) is 0.500. The number of carbonyl (C=O) groups excluding carboxylic acids is 1. The standard InChI is InChI=1S/C8H10ClNO2/c1-8(2,3)7-10-5(4-11)6(9)12-7/h4H,1-3H3. The van der Waals surface area contributed by atoms with Crippen LogP contribution in [0.5, 0.6) is 0 Å². The highest BCUT2D eigenvalue weighted by molar-refractivity contribution is 6.30. The summed E-state index contributed by atoms with van der Waals surface area (Å²) in [4.78, 5) is 14.3. The van der Waals surface area contributed by atoms with E-state index in [1.165, 1.54) is 0 Å². The zero-order chi connectivity index (χ0) is 9.35. The highest BCUT2D eigenvalue weighted by Gasteiger charge is 2.22. The van der Waals surface area contributed by atoms with E-state index < -0.39 is 0 Å². The number of nitrogens with zero attached hydrogens (tertiary/aromatic N) is 1. The first-order chi connectivity index (χ1) is 5.45. The molecule has 4 heteroatoms. The van der Waals surface area contributed by atoms with Crippen molar-refractivity contribution in [2.24, 2.45) is 0 Å². The summed E-state index contributed by atoms with van der Waals surface area (Å²) in [6, 6.07) is 0. The quantitative estimate of drug-likeness (QED) is 0.635. The van der Waals surface area contributed by atoms with Crippen LogP contribution in [0.15, 0.2) is 4.42 Å². The van der Waals surface area contributed by atoms with E-state index in [2.05, 4.69) is 4.98 Å². The molecule has 0 unspecified atom stereocenters. The first-order valence-corrected chi connectivity index (χ1v) is 3.95. The maximum Gasteiger partial charge on any atom is 0.224 e. The van der Waals surface area contributed by atoms with Gasteiger partial charge in [-0.05, 0) is 11.6 Å². The molecule has 1 heterocycles. The molecule has 1 aromatic heterocycles. The fourth-order valence-electron chi connectivity index (χ4n) is 0.707. The lowest BCUT2D eigenvalue weighted by Crippen LogP contribution is -2.11. The Labute approximate surface area is 75.7 Å². The van der Waals surface area contributed by atoms with Crippen LogP contribution in [0.25, 0.3) is 0 Å². The summed E-state index contributed by atoms with van der Waals surface area (Å²) in [6.07, 6.45) is 0.584. The maximum atomic E-state index is 10.4. The summed E-state index contributed by atoms with van der Waals surface area (Å²) in [6.45, 7) is 5.80. The summed E-state index contributed by atoms with van der Waals surface area (Å²) in [7, 11) is 0. The molecule has 0 fully saturated rings. The van der Waals surface area contributed by atoms with Gasteiger partial charge in [0.25, 0.3) is 0 Å². The normalized spacial score (nSPS) is 11.7. The third-order valence-corrected chi connectivity index (χ3v) is 1.63. The molecule has 3 nitrogen and oxygen atoms in total. The maximum absolute atomic E-state index is 10.4. The number of aldehydes is 1. The minimum Gasteiger partial charge on any atom is -0.428 e. The van der Waals surface area contributed by atoms with Crippen LogP contribution in [0.2, 0.25) is 5.22 Å². The number of hydrogen-bond acceptors (Lipinski definition) is 3. The molecule has 12 heavy (non-hydrogen) atoms. The molecule has 1 rings (SSSR count). The van der Waals surface area contributed by atoms with Gasteiger partial charge in [0.2, 0.25) is 11.1 Å². The van der Waals surface area contributed by atoms with Crippen LogP contribution < -0.4 is 0 Å². The summed E-state index contributed by atoms with van der Waals surface area (Å²) in [5.74, 6) is 0.481. The van der Waals surface area contributed by atoms with E-state index in [0.29, 0.717) is 12.2 Å². The number of carbonyl (C=O) groups is 1. The van der Waals surface area contributed by atoms with E-state index in [4.69, 9.17) is 16.0 Å². The number of aromatic nitrogens is 1. The largest absolute Gasteiger partial charge is 0.428 e. The molecule has 0 saturated heterocycles. The molecule has 0 aromatic carbocycles. The van der Waals surface area contributed by atoms with Crippen LogP contribution >= 0.6 is 11.6 Å². The molecule has 0 saturated carbocycles. The molecule has 0 amide bonds. The molecule has 0 atom stereocenters. The highest BCUT2D eigenvalue weighted by atomic mass is 35.5. The van der Waals surface area contributed by atoms with Crippen LogP contribution in [-0.4, -0.2) is 11.3 Å². The molecular formula is C8H10ClNO2. The van der Waals surface area contributed by atoms with Gasteiger partial charge in [-0.25, -0.2) is 4.98 Å². The second-order valence-electron chi connectivity index (χ2n) is 3.55. The van der Waals surface area contributed by atoms with Crippen LogP contribution in [0.4, 0.5) is 0 Å². The van der Waals surface area contributed by atoms with Gasteiger partial charge in [-0.1, -0.05) is 20.8 Å². The molecule has 0 aliphatic rings. The Bertz CT molecular complexity index is 298. The summed E-state index contributed by atoms with van der Waals surface area (Å²) in [5, 5.41) is 0.0647. The third kappa shape index (κ3) is 1.67. The monoisotopic (exact) mass is 187 g/mol. The van der Waals surface area contributed by atoms with Gasteiger partial charge in [0.1, 0.15) is 0 Å². The lowest BCUT2D eigenvalue weighted by molar-refractivity contribution is 0.111. The molecule has 66 valence electrons. The van der Waals surface area contributed by atoms with Crippen molar-refractivity contribution in [3.05, 3.63) is 16.8 Å². The topological polar surface area (TPSA) is 43.1 Å². The van der Waals surface area contributed by atoms with Crippen molar-refractivity contribution in [3.8, 4) is 0 Å². The Kier molecular flexibility index (Phi) is 2.24. The SMILES string of the molecule is CC(C)(C)c1nc(C=O)c(Cl)o1. The summed E-state index contributed by atoms with van der Waals surface area (Å²) in [5.41, 5.74) is -0.0492. The van der Waals surface area contributed by atoms with Crippen molar-refractivity contribution in [2.75, 3.05) is 0 Å². The highest BCUT2D eigenvalue weighted by Crippen LogP contribution is 2.25. The molecule has 1 aromatic rings. The molecule has 0 radical (unpaired) electrons. The first kappa shape index (κ1) is 9.26. The van der Waals surface area contributed by atoms with Crippen molar-refractivity contribution in [1.29, 1.82) is 0 Å². The van der Waals surface area contributed by atoms with Crippen LogP contribution in [0.3, 0.4) is 0 Å². The minimum atomic E-state index is -0.217. The molecule has 0 aliphatic carbocycles. The Balaban J connectivity index is 3.13. The van der Waals surface area contributed by atoms with E-state index in [-0.39, 0.29) is 16.3 Å². The predicted octanol–water partition coefficient (Wildman–Crippen LogP) is 2.44. The van der Waals surface area contributed by atoms with E-state index in [1.54, 1.807) is 0 Å². The van der Waals surface area contributed by atoms with Crippen LogP contribution in [0.1, 0.15) is 37.2 Å². The van der Waals surface area contributed by atoms with E-state index in [1.807, 2.05) is 20.8 Å². The van der Waals surface area contributed by atoms with Crippen LogP contribution in [-0.2, 0) is 5.41 Å². The Morgan fingerprint density at radius 1 is 1.50 bits per heavy atom. The first-order valence-electron chi connectivity index (χ1n) is 3.57. The van der Waals surface area contributed by atoms with Crippen molar-refractivity contribution in [2.45, 2.75) is 26.2 Å². The Morgan fingerprint density at radius 3 is 2.33 bits per heavy atom. The van der Waals surface area contributed by atoms with E-state index in [9.17, 15) is 4.79 Å². The lowest BCUT2D eigenvalue weighted by atomic mass is 9.97. The van der Waals surface area contributed by atoms with Crippen LogP contribution in [0, 0.1) is 0 Å². The third-order valence-electron chi connectivity index (χ3n) is 1.36. The molecule has 0 aliphatic heterocycles. The van der Waals surface area contributed by atoms with Crippen molar-refractivity contribution < 1.29 is 9.21 Å².